The molecule has 1 aliphatic rings. The first-order valence-corrected chi connectivity index (χ1v) is 7.37. The van der Waals surface area contributed by atoms with Gasteiger partial charge < -0.3 is 5.32 Å². The Bertz CT molecular complexity index is 400. The van der Waals surface area contributed by atoms with Gasteiger partial charge >= 0.3 is 0 Å². The molecule has 1 heterocycles. The fourth-order valence-corrected chi connectivity index (χ4v) is 2.80. The summed E-state index contributed by atoms with van der Waals surface area (Å²) in [6.45, 7) is 9.52. The monoisotopic (exact) mass is 264 g/mol. The van der Waals surface area contributed by atoms with Crippen LogP contribution in [0.15, 0.2) is 18.2 Å². The van der Waals surface area contributed by atoms with E-state index >= 15 is 0 Å². The summed E-state index contributed by atoms with van der Waals surface area (Å²) in [6.07, 6.45) is 2.59. The minimum atomic E-state index is -0.129. The molecule has 0 radical (unpaired) electrons. The van der Waals surface area contributed by atoms with Gasteiger partial charge in [0.2, 0.25) is 0 Å². The molecule has 1 saturated heterocycles. The Hall–Kier alpha value is -0.930. The van der Waals surface area contributed by atoms with Crippen molar-refractivity contribution in [3.63, 3.8) is 0 Å². The molecule has 0 saturated carbocycles. The molecule has 2 nitrogen and oxygen atoms in total. The van der Waals surface area contributed by atoms with Gasteiger partial charge in [-0.15, -0.1) is 0 Å². The molecule has 0 aromatic heterocycles. The zero-order valence-electron chi connectivity index (χ0n) is 12.1. The van der Waals surface area contributed by atoms with E-state index in [0.29, 0.717) is 0 Å². The lowest BCUT2D eigenvalue weighted by Gasteiger charge is -2.29. The van der Waals surface area contributed by atoms with Crippen molar-refractivity contribution < 1.29 is 4.39 Å². The zero-order chi connectivity index (χ0) is 13.7. The van der Waals surface area contributed by atoms with Crippen LogP contribution in [-0.2, 0) is 6.54 Å². The highest BCUT2D eigenvalue weighted by Gasteiger charge is 2.16. The maximum Gasteiger partial charge on any atom is 0.123 e. The van der Waals surface area contributed by atoms with Crippen molar-refractivity contribution in [1.82, 2.24) is 10.2 Å². The van der Waals surface area contributed by atoms with Gasteiger partial charge in [-0.25, -0.2) is 4.39 Å². The van der Waals surface area contributed by atoms with Crippen LogP contribution in [0.2, 0.25) is 0 Å². The smallest absolute Gasteiger partial charge is 0.123 e. The summed E-state index contributed by atoms with van der Waals surface area (Å²) in [6, 6.07) is 5.10. The number of aryl methyl sites for hydroxylation is 1. The Labute approximate surface area is 116 Å². The first kappa shape index (κ1) is 14.5. The summed E-state index contributed by atoms with van der Waals surface area (Å²) in [5.74, 6) is 0.610. The van der Waals surface area contributed by atoms with E-state index in [1.807, 2.05) is 6.07 Å². The zero-order valence-corrected chi connectivity index (χ0v) is 12.1. The Morgan fingerprint density at radius 1 is 1.42 bits per heavy atom. The summed E-state index contributed by atoms with van der Waals surface area (Å²) in [7, 11) is 0. The lowest BCUT2D eigenvalue weighted by Crippen LogP contribution is -2.38. The number of nitrogens with one attached hydrogen (secondary N) is 1. The van der Waals surface area contributed by atoms with Gasteiger partial charge in [-0.3, -0.25) is 4.90 Å². The van der Waals surface area contributed by atoms with Crippen LogP contribution in [0.1, 0.15) is 30.9 Å². The molecule has 0 aliphatic carbocycles. The predicted octanol–water partition coefficient (Wildman–Crippen LogP) is 2.96. The van der Waals surface area contributed by atoms with Gasteiger partial charge in [-0.2, -0.15) is 0 Å². The van der Waals surface area contributed by atoms with Crippen molar-refractivity contribution in [1.29, 1.82) is 0 Å². The van der Waals surface area contributed by atoms with Crippen molar-refractivity contribution in [3.8, 4) is 0 Å². The highest BCUT2D eigenvalue weighted by molar-refractivity contribution is 5.26. The second kappa shape index (κ2) is 7.01. The molecule has 0 spiro atoms. The average molecular weight is 264 g/mol. The van der Waals surface area contributed by atoms with E-state index in [1.165, 1.54) is 18.4 Å². The van der Waals surface area contributed by atoms with Gasteiger partial charge in [0.25, 0.3) is 0 Å². The summed E-state index contributed by atoms with van der Waals surface area (Å²) in [4.78, 5) is 2.43. The van der Waals surface area contributed by atoms with Crippen LogP contribution < -0.4 is 5.32 Å². The van der Waals surface area contributed by atoms with Crippen LogP contribution in [0.25, 0.3) is 0 Å². The Morgan fingerprint density at radius 2 is 2.26 bits per heavy atom. The lowest BCUT2D eigenvalue weighted by atomic mass is 9.98. The molecule has 19 heavy (non-hydrogen) atoms. The summed E-state index contributed by atoms with van der Waals surface area (Å²) >= 11 is 0. The SMILES string of the molecule is CCN(Cc1cc(F)ccc1C)CC1CCCNC1. The molecular weight excluding hydrogens is 239 g/mol. The van der Waals surface area contributed by atoms with E-state index in [-0.39, 0.29) is 5.82 Å². The maximum absolute atomic E-state index is 13.3. The van der Waals surface area contributed by atoms with E-state index in [1.54, 1.807) is 12.1 Å². The van der Waals surface area contributed by atoms with Gasteiger partial charge in [0.15, 0.2) is 0 Å². The molecule has 2 rings (SSSR count). The summed E-state index contributed by atoms with van der Waals surface area (Å²) < 4.78 is 13.3. The molecule has 1 unspecified atom stereocenters. The molecule has 0 bridgehead atoms. The fourth-order valence-electron chi connectivity index (χ4n) is 2.80. The molecular formula is C16H25FN2. The molecule has 3 heteroatoms. The van der Waals surface area contributed by atoms with Crippen molar-refractivity contribution in [2.45, 2.75) is 33.2 Å². The van der Waals surface area contributed by atoms with Crippen molar-refractivity contribution in [2.24, 2.45) is 5.92 Å². The van der Waals surface area contributed by atoms with Crippen LogP contribution in [0.5, 0.6) is 0 Å². The van der Waals surface area contributed by atoms with Gasteiger partial charge in [-0.05, 0) is 68.6 Å². The number of piperidine rings is 1. The third-order valence-electron chi connectivity index (χ3n) is 4.07. The number of hydrogen-bond acceptors (Lipinski definition) is 2. The molecule has 106 valence electrons. The number of halogens is 1. The molecule has 1 atom stereocenters. The summed E-state index contributed by atoms with van der Waals surface area (Å²) in [5, 5.41) is 3.46. The maximum atomic E-state index is 13.3. The second-order valence-corrected chi connectivity index (χ2v) is 5.61. The van der Waals surface area contributed by atoms with Crippen molar-refractivity contribution in [2.75, 3.05) is 26.2 Å². The quantitative estimate of drug-likeness (QED) is 0.879. The number of hydrogen-bond donors (Lipinski definition) is 1. The topological polar surface area (TPSA) is 15.3 Å². The van der Waals surface area contributed by atoms with Gasteiger partial charge in [-0.1, -0.05) is 13.0 Å². The minimum Gasteiger partial charge on any atom is -0.316 e. The van der Waals surface area contributed by atoms with Crippen molar-refractivity contribution >= 4 is 0 Å². The van der Waals surface area contributed by atoms with Crippen LogP contribution in [0.3, 0.4) is 0 Å². The van der Waals surface area contributed by atoms with E-state index in [9.17, 15) is 4.39 Å². The Balaban J connectivity index is 1.95. The van der Waals surface area contributed by atoms with E-state index in [2.05, 4.69) is 24.1 Å². The second-order valence-electron chi connectivity index (χ2n) is 5.61. The molecule has 1 aromatic rings. The molecule has 1 aromatic carbocycles. The normalized spacial score (nSPS) is 19.9. The predicted molar refractivity (Wildman–Crippen MR) is 77.7 cm³/mol. The third kappa shape index (κ3) is 4.29. The van der Waals surface area contributed by atoms with Crippen molar-refractivity contribution in [3.05, 3.63) is 35.1 Å². The Morgan fingerprint density at radius 3 is 2.95 bits per heavy atom. The van der Waals surface area contributed by atoms with Crippen LogP contribution >= 0.6 is 0 Å². The van der Waals surface area contributed by atoms with Gasteiger partial charge in [0, 0.05) is 13.1 Å². The average Bonchev–Trinajstić information content (AvgIpc) is 2.43. The van der Waals surface area contributed by atoms with E-state index < -0.39 is 0 Å². The first-order valence-electron chi connectivity index (χ1n) is 7.37. The highest BCUT2D eigenvalue weighted by Crippen LogP contribution is 2.16. The Kier molecular flexibility index (Phi) is 5.34. The highest BCUT2D eigenvalue weighted by atomic mass is 19.1. The van der Waals surface area contributed by atoms with E-state index in [4.69, 9.17) is 0 Å². The molecule has 0 amide bonds. The van der Waals surface area contributed by atoms with E-state index in [0.717, 1.165) is 44.2 Å². The van der Waals surface area contributed by atoms with Crippen LogP contribution in [-0.4, -0.2) is 31.1 Å². The molecule has 1 N–H and O–H groups in total. The van der Waals surface area contributed by atoms with Gasteiger partial charge in [0.05, 0.1) is 0 Å². The lowest BCUT2D eigenvalue weighted by molar-refractivity contribution is 0.209. The standard InChI is InChI=1S/C16H25FN2/c1-3-19(11-14-5-4-8-18-10-14)12-15-9-16(17)7-6-13(15)2/h6-7,9,14,18H,3-5,8,10-12H2,1-2H3. The van der Waals surface area contributed by atoms with Crippen LogP contribution in [0, 0.1) is 18.7 Å². The first-order chi connectivity index (χ1) is 9.19. The number of nitrogens with zero attached hydrogens (tertiary/aromatic N) is 1. The minimum absolute atomic E-state index is 0.129. The summed E-state index contributed by atoms with van der Waals surface area (Å²) in [5.41, 5.74) is 2.30. The molecule has 1 aliphatic heterocycles. The largest absolute Gasteiger partial charge is 0.316 e. The number of rotatable bonds is 5. The number of benzene rings is 1. The third-order valence-corrected chi connectivity index (χ3v) is 4.07. The molecule has 1 fully saturated rings. The van der Waals surface area contributed by atoms with Gasteiger partial charge in [0.1, 0.15) is 5.82 Å². The van der Waals surface area contributed by atoms with Crippen LogP contribution in [0.4, 0.5) is 4.39 Å². The fraction of sp³-hybridized carbons (Fsp3) is 0.625.